The Morgan fingerprint density at radius 1 is 1.40 bits per heavy atom. The number of carbonyl (C=O) groups is 1. The van der Waals surface area contributed by atoms with Gasteiger partial charge in [0, 0.05) is 24.8 Å². The van der Waals surface area contributed by atoms with E-state index < -0.39 is 0 Å². The lowest BCUT2D eigenvalue weighted by molar-refractivity contribution is -0.116. The number of hydrogen-bond acceptors (Lipinski definition) is 3. The molecule has 1 aromatic heterocycles. The van der Waals surface area contributed by atoms with Gasteiger partial charge in [-0.1, -0.05) is 0 Å². The zero-order chi connectivity index (χ0) is 14.4. The third-order valence-corrected chi connectivity index (χ3v) is 3.10. The van der Waals surface area contributed by atoms with E-state index in [9.17, 15) is 4.79 Å². The van der Waals surface area contributed by atoms with E-state index in [0.717, 1.165) is 10.9 Å². The lowest BCUT2D eigenvalue weighted by atomic mass is 10.2. The number of aromatic nitrogens is 2. The molecule has 1 amide bonds. The average molecular weight is 333 g/mol. The molecule has 0 atom stereocenters. The molecule has 2 aromatic rings. The zero-order valence-corrected chi connectivity index (χ0v) is 12.3. The normalized spacial score (nSPS) is 10.0. The molecule has 0 saturated carbocycles. The Morgan fingerprint density at radius 3 is 2.75 bits per heavy atom. The second kappa shape index (κ2) is 6.87. The molecule has 0 spiro atoms. The van der Waals surface area contributed by atoms with Crippen molar-refractivity contribution in [2.24, 2.45) is 0 Å². The van der Waals surface area contributed by atoms with Crippen molar-refractivity contribution in [1.29, 1.82) is 5.26 Å². The minimum atomic E-state index is -0.0408. The molecule has 0 aliphatic heterocycles. The molecule has 1 N–H and O–H groups in total. The molecular weight excluding hydrogens is 320 g/mol. The Hall–Kier alpha value is -2.13. The molecule has 0 aliphatic rings. The molecule has 102 valence electrons. The summed E-state index contributed by atoms with van der Waals surface area (Å²) in [5.41, 5.74) is 1.28. The number of rotatable bonds is 5. The van der Waals surface area contributed by atoms with Crippen LogP contribution in [0.4, 0.5) is 5.69 Å². The summed E-state index contributed by atoms with van der Waals surface area (Å²) in [6.45, 7) is 0.701. The highest BCUT2D eigenvalue weighted by Crippen LogP contribution is 2.10. The molecule has 1 heterocycles. The maximum Gasteiger partial charge on any atom is 0.224 e. The lowest BCUT2D eigenvalue weighted by Gasteiger charge is -2.05. The molecule has 0 radical (unpaired) electrons. The minimum absolute atomic E-state index is 0.0408. The average Bonchev–Trinajstić information content (AvgIpc) is 2.85. The largest absolute Gasteiger partial charge is 0.326 e. The maximum atomic E-state index is 11.7. The van der Waals surface area contributed by atoms with Crippen LogP contribution in [-0.4, -0.2) is 15.7 Å². The summed E-state index contributed by atoms with van der Waals surface area (Å²) in [5.74, 6) is -0.0408. The van der Waals surface area contributed by atoms with Crippen LogP contribution >= 0.6 is 15.9 Å². The number of nitrogens with zero attached hydrogens (tertiary/aromatic N) is 3. The Balaban J connectivity index is 1.76. The van der Waals surface area contributed by atoms with Gasteiger partial charge in [-0.05, 0) is 46.6 Å². The van der Waals surface area contributed by atoms with Crippen molar-refractivity contribution in [3.05, 3.63) is 46.7 Å². The molecule has 2 rings (SSSR count). The van der Waals surface area contributed by atoms with Gasteiger partial charge in [-0.2, -0.15) is 10.4 Å². The molecule has 0 aliphatic carbocycles. The van der Waals surface area contributed by atoms with Crippen LogP contribution in [0, 0.1) is 11.3 Å². The van der Waals surface area contributed by atoms with Crippen LogP contribution in [0.25, 0.3) is 0 Å². The van der Waals surface area contributed by atoms with E-state index in [2.05, 4.69) is 26.3 Å². The first-order chi connectivity index (χ1) is 9.67. The molecule has 0 bridgehead atoms. The molecule has 0 fully saturated rings. The highest BCUT2D eigenvalue weighted by Gasteiger charge is 2.03. The van der Waals surface area contributed by atoms with E-state index in [-0.39, 0.29) is 5.91 Å². The topological polar surface area (TPSA) is 70.7 Å². The number of halogens is 1. The summed E-state index contributed by atoms with van der Waals surface area (Å²) < 4.78 is 2.72. The summed E-state index contributed by atoms with van der Waals surface area (Å²) in [6, 6.07) is 8.84. The van der Waals surface area contributed by atoms with Gasteiger partial charge in [0.2, 0.25) is 5.91 Å². The van der Waals surface area contributed by atoms with Gasteiger partial charge in [0.1, 0.15) is 0 Å². The highest BCUT2D eigenvalue weighted by molar-refractivity contribution is 9.10. The molecule has 5 nitrogen and oxygen atoms in total. The SMILES string of the molecule is N#Cc1ccc(NC(=O)CCCn2cc(Br)cn2)cc1. The van der Waals surface area contributed by atoms with E-state index >= 15 is 0 Å². The van der Waals surface area contributed by atoms with E-state index in [4.69, 9.17) is 5.26 Å². The van der Waals surface area contributed by atoms with Crippen molar-refractivity contribution in [3.8, 4) is 6.07 Å². The van der Waals surface area contributed by atoms with E-state index in [1.807, 2.05) is 12.3 Å². The van der Waals surface area contributed by atoms with Crippen molar-refractivity contribution in [2.75, 3.05) is 5.32 Å². The number of anilines is 1. The highest BCUT2D eigenvalue weighted by atomic mass is 79.9. The first-order valence-corrected chi connectivity index (χ1v) is 6.94. The minimum Gasteiger partial charge on any atom is -0.326 e. The van der Waals surface area contributed by atoms with Crippen molar-refractivity contribution >= 4 is 27.5 Å². The van der Waals surface area contributed by atoms with Crippen LogP contribution in [-0.2, 0) is 11.3 Å². The van der Waals surface area contributed by atoms with Gasteiger partial charge in [-0.25, -0.2) is 0 Å². The summed E-state index contributed by atoms with van der Waals surface area (Å²) in [7, 11) is 0. The molecule has 6 heteroatoms. The van der Waals surface area contributed by atoms with E-state index in [1.54, 1.807) is 35.1 Å². The van der Waals surface area contributed by atoms with E-state index in [1.165, 1.54) is 0 Å². The second-order valence-corrected chi connectivity index (χ2v) is 5.18. The predicted molar refractivity (Wildman–Crippen MR) is 78.9 cm³/mol. The van der Waals surface area contributed by atoms with Gasteiger partial charge >= 0.3 is 0 Å². The quantitative estimate of drug-likeness (QED) is 0.914. The fraction of sp³-hybridized carbons (Fsp3) is 0.214. The Labute approximate surface area is 125 Å². The molecule has 1 aromatic carbocycles. The number of carbonyl (C=O) groups excluding carboxylic acids is 1. The predicted octanol–water partition coefficient (Wildman–Crippen LogP) is 2.94. The van der Waals surface area contributed by atoms with Gasteiger partial charge in [0.15, 0.2) is 0 Å². The Morgan fingerprint density at radius 2 is 2.15 bits per heavy atom. The molecule has 0 saturated heterocycles. The zero-order valence-electron chi connectivity index (χ0n) is 10.7. The van der Waals surface area contributed by atoms with Crippen LogP contribution in [0.5, 0.6) is 0 Å². The van der Waals surface area contributed by atoms with Crippen LogP contribution in [0.2, 0.25) is 0 Å². The Kier molecular flexibility index (Phi) is 4.91. The van der Waals surface area contributed by atoms with Gasteiger partial charge < -0.3 is 5.32 Å². The second-order valence-electron chi connectivity index (χ2n) is 4.26. The van der Waals surface area contributed by atoms with Crippen LogP contribution in [0.1, 0.15) is 18.4 Å². The maximum absolute atomic E-state index is 11.7. The van der Waals surface area contributed by atoms with Crippen LogP contribution in [0.3, 0.4) is 0 Å². The van der Waals surface area contributed by atoms with Gasteiger partial charge in [0.05, 0.1) is 22.3 Å². The first kappa shape index (κ1) is 14.3. The van der Waals surface area contributed by atoms with Crippen molar-refractivity contribution in [2.45, 2.75) is 19.4 Å². The molecular formula is C14H13BrN4O. The first-order valence-electron chi connectivity index (χ1n) is 6.15. The summed E-state index contributed by atoms with van der Waals surface area (Å²) >= 11 is 3.32. The van der Waals surface area contributed by atoms with Gasteiger partial charge in [-0.3, -0.25) is 9.48 Å². The third kappa shape index (κ3) is 4.21. The number of amides is 1. The van der Waals surface area contributed by atoms with Crippen molar-refractivity contribution < 1.29 is 4.79 Å². The standard InChI is InChI=1S/C14H13BrN4O/c15-12-9-17-19(10-12)7-1-2-14(20)18-13-5-3-11(8-16)4-6-13/h3-6,9-10H,1-2,7H2,(H,18,20). The summed E-state index contributed by atoms with van der Waals surface area (Å²) in [4.78, 5) is 11.7. The van der Waals surface area contributed by atoms with Gasteiger partial charge in [-0.15, -0.1) is 0 Å². The number of nitrogens with one attached hydrogen (secondary N) is 1. The summed E-state index contributed by atoms with van der Waals surface area (Å²) in [6.07, 6.45) is 4.74. The number of hydrogen-bond donors (Lipinski definition) is 1. The van der Waals surface area contributed by atoms with Crippen molar-refractivity contribution in [1.82, 2.24) is 9.78 Å². The number of benzene rings is 1. The molecule has 20 heavy (non-hydrogen) atoms. The third-order valence-electron chi connectivity index (χ3n) is 2.69. The van der Waals surface area contributed by atoms with Crippen LogP contribution < -0.4 is 5.32 Å². The summed E-state index contributed by atoms with van der Waals surface area (Å²) in [5, 5.41) is 15.6. The Bertz CT molecular complexity index is 627. The fourth-order valence-corrected chi connectivity index (χ4v) is 2.04. The fourth-order valence-electron chi connectivity index (χ4n) is 1.71. The molecule has 0 unspecified atom stereocenters. The van der Waals surface area contributed by atoms with Gasteiger partial charge in [0.25, 0.3) is 0 Å². The monoisotopic (exact) mass is 332 g/mol. The van der Waals surface area contributed by atoms with Crippen LogP contribution in [0.15, 0.2) is 41.1 Å². The van der Waals surface area contributed by atoms with E-state index in [0.29, 0.717) is 24.2 Å². The number of aryl methyl sites for hydroxylation is 1. The van der Waals surface area contributed by atoms with Crippen molar-refractivity contribution in [3.63, 3.8) is 0 Å². The lowest BCUT2D eigenvalue weighted by Crippen LogP contribution is -2.12. The smallest absolute Gasteiger partial charge is 0.224 e. The number of nitriles is 1.